The molecule has 1 aromatic heterocycles. The second kappa shape index (κ2) is 4.41. The van der Waals surface area contributed by atoms with Crippen molar-refractivity contribution in [3.63, 3.8) is 0 Å². The lowest BCUT2D eigenvalue weighted by molar-refractivity contribution is -0.117. The lowest BCUT2D eigenvalue weighted by atomic mass is 10.2. The predicted octanol–water partition coefficient (Wildman–Crippen LogP) is 1.60. The summed E-state index contributed by atoms with van der Waals surface area (Å²) in [5.41, 5.74) is 0.673. The molecule has 0 bridgehead atoms. The van der Waals surface area contributed by atoms with Gasteiger partial charge in [-0.1, -0.05) is 0 Å². The minimum absolute atomic E-state index is 0.0470. The van der Waals surface area contributed by atoms with E-state index in [9.17, 15) is 9.59 Å². The van der Waals surface area contributed by atoms with Crippen LogP contribution in [0.2, 0.25) is 0 Å². The fourth-order valence-corrected chi connectivity index (χ4v) is 1.80. The van der Waals surface area contributed by atoms with Gasteiger partial charge in [0.1, 0.15) is 11.5 Å². The van der Waals surface area contributed by atoms with Gasteiger partial charge in [-0.05, 0) is 25.1 Å². The van der Waals surface area contributed by atoms with Crippen LogP contribution in [0, 0.1) is 0 Å². The van der Waals surface area contributed by atoms with Gasteiger partial charge in [-0.3, -0.25) is 9.59 Å². The van der Waals surface area contributed by atoms with Gasteiger partial charge >= 0.3 is 0 Å². The highest BCUT2D eigenvalue weighted by Crippen LogP contribution is 2.17. The minimum Gasteiger partial charge on any atom is -0.497 e. The monoisotopic (exact) mass is 231 g/mol. The number of fused-ring (bicyclic) bond motifs is 1. The Kier molecular flexibility index (Phi) is 2.95. The lowest BCUT2D eigenvalue weighted by Gasteiger charge is -2.09. The first-order valence-electron chi connectivity index (χ1n) is 5.28. The van der Waals surface area contributed by atoms with Crippen LogP contribution in [0.25, 0.3) is 10.9 Å². The SMILES string of the molecule is COc1ccc2c(c1)c(=O)ccn2CC(C)=O. The van der Waals surface area contributed by atoms with Crippen molar-refractivity contribution < 1.29 is 9.53 Å². The number of rotatable bonds is 3. The molecule has 0 radical (unpaired) electrons. The molecule has 0 aliphatic heterocycles. The smallest absolute Gasteiger partial charge is 0.189 e. The quantitative estimate of drug-likeness (QED) is 0.806. The van der Waals surface area contributed by atoms with Crippen molar-refractivity contribution in [2.24, 2.45) is 0 Å². The summed E-state index contributed by atoms with van der Waals surface area (Å²) in [6, 6.07) is 6.72. The number of benzene rings is 1. The number of aromatic nitrogens is 1. The number of Topliss-reactive ketones (excluding diaryl/α,β-unsaturated/α-hetero) is 1. The second-order valence-corrected chi connectivity index (χ2v) is 3.89. The van der Waals surface area contributed by atoms with Crippen molar-refractivity contribution in [3.05, 3.63) is 40.7 Å². The molecule has 1 heterocycles. The van der Waals surface area contributed by atoms with Gasteiger partial charge in [0.05, 0.1) is 19.2 Å². The number of ketones is 1. The topological polar surface area (TPSA) is 48.3 Å². The Morgan fingerprint density at radius 1 is 1.35 bits per heavy atom. The van der Waals surface area contributed by atoms with Gasteiger partial charge in [0.25, 0.3) is 0 Å². The van der Waals surface area contributed by atoms with Crippen molar-refractivity contribution in [1.29, 1.82) is 0 Å². The summed E-state index contributed by atoms with van der Waals surface area (Å²) >= 11 is 0. The molecule has 0 saturated heterocycles. The Hall–Kier alpha value is -2.10. The third-order valence-corrected chi connectivity index (χ3v) is 2.58. The van der Waals surface area contributed by atoms with Crippen LogP contribution in [-0.2, 0) is 11.3 Å². The Morgan fingerprint density at radius 3 is 2.76 bits per heavy atom. The molecular formula is C13H13NO3. The van der Waals surface area contributed by atoms with Crippen LogP contribution in [0.3, 0.4) is 0 Å². The second-order valence-electron chi connectivity index (χ2n) is 3.89. The normalized spacial score (nSPS) is 10.5. The molecule has 0 N–H and O–H groups in total. The molecular weight excluding hydrogens is 218 g/mol. The van der Waals surface area contributed by atoms with E-state index in [-0.39, 0.29) is 17.8 Å². The Morgan fingerprint density at radius 2 is 2.12 bits per heavy atom. The van der Waals surface area contributed by atoms with Crippen LogP contribution in [0.5, 0.6) is 5.75 Å². The fraction of sp³-hybridized carbons (Fsp3) is 0.231. The van der Waals surface area contributed by atoms with Crippen LogP contribution in [-0.4, -0.2) is 17.5 Å². The Balaban J connectivity index is 2.69. The molecule has 88 valence electrons. The molecule has 4 nitrogen and oxygen atoms in total. The molecule has 0 unspecified atom stereocenters. The number of ether oxygens (including phenoxy) is 1. The van der Waals surface area contributed by atoms with Gasteiger partial charge < -0.3 is 9.30 Å². The number of carbonyl (C=O) groups is 1. The first-order chi connectivity index (χ1) is 8.11. The van der Waals surface area contributed by atoms with Gasteiger partial charge in [0, 0.05) is 17.6 Å². The van der Waals surface area contributed by atoms with Gasteiger partial charge in [0.15, 0.2) is 5.43 Å². The maximum Gasteiger partial charge on any atom is 0.189 e. The van der Waals surface area contributed by atoms with Crippen LogP contribution in [0.1, 0.15) is 6.92 Å². The van der Waals surface area contributed by atoms with E-state index in [0.29, 0.717) is 11.1 Å². The molecule has 4 heteroatoms. The molecule has 2 aromatic rings. The molecule has 1 aromatic carbocycles. The zero-order chi connectivity index (χ0) is 12.4. The maximum atomic E-state index is 11.7. The van der Waals surface area contributed by atoms with E-state index in [2.05, 4.69) is 0 Å². The Labute approximate surface area is 98.4 Å². The van der Waals surface area contributed by atoms with Crippen LogP contribution in [0.15, 0.2) is 35.3 Å². The number of nitrogens with zero attached hydrogens (tertiary/aromatic N) is 1. The highest BCUT2D eigenvalue weighted by Gasteiger charge is 2.05. The number of carbonyl (C=O) groups excluding carboxylic acids is 1. The van der Waals surface area contributed by atoms with Gasteiger partial charge in [-0.15, -0.1) is 0 Å². The van der Waals surface area contributed by atoms with Crippen LogP contribution >= 0.6 is 0 Å². The number of methoxy groups -OCH3 is 1. The molecule has 0 saturated carbocycles. The average molecular weight is 231 g/mol. The fourth-order valence-electron chi connectivity index (χ4n) is 1.80. The van der Waals surface area contributed by atoms with Crippen molar-refractivity contribution in [2.45, 2.75) is 13.5 Å². The number of pyridine rings is 1. The molecule has 0 aliphatic rings. The zero-order valence-corrected chi connectivity index (χ0v) is 9.77. The molecule has 0 fully saturated rings. The van der Waals surface area contributed by atoms with Crippen molar-refractivity contribution >= 4 is 16.7 Å². The van der Waals surface area contributed by atoms with Crippen molar-refractivity contribution in [3.8, 4) is 5.75 Å². The summed E-state index contributed by atoms with van der Waals surface area (Å²) in [5, 5.41) is 0.563. The van der Waals surface area contributed by atoms with Crippen molar-refractivity contribution in [1.82, 2.24) is 4.57 Å². The van der Waals surface area contributed by atoms with E-state index in [0.717, 1.165) is 5.52 Å². The number of hydrogen-bond donors (Lipinski definition) is 0. The van der Waals surface area contributed by atoms with E-state index in [1.807, 2.05) is 0 Å². The molecule has 2 rings (SSSR count). The summed E-state index contributed by atoms with van der Waals surface area (Å²) in [6.45, 7) is 1.79. The maximum absolute atomic E-state index is 11.7. The highest BCUT2D eigenvalue weighted by molar-refractivity contribution is 5.83. The van der Waals surface area contributed by atoms with Crippen LogP contribution in [0.4, 0.5) is 0 Å². The van der Waals surface area contributed by atoms with E-state index >= 15 is 0 Å². The van der Waals surface area contributed by atoms with E-state index < -0.39 is 0 Å². The first kappa shape index (κ1) is 11.4. The molecule has 17 heavy (non-hydrogen) atoms. The summed E-state index contributed by atoms with van der Waals surface area (Å²) in [6.07, 6.45) is 1.64. The molecule has 0 aliphatic carbocycles. The summed E-state index contributed by atoms with van der Waals surface area (Å²) in [4.78, 5) is 22.9. The highest BCUT2D eigenvalue weighted by atomic mass is 16.5. The van der Waals surface area contributed by atoms with E-state index in [1.54, 1.807) is 36.1 Å². The van der Waals surface area contributed by atoms with Crippen molar-refractivity contribution in [2.75, 3.05) is 7.11 Å². The zero-order valence-electron chi connectivity index (χ0n) is 9.77. The Bertz CT molecular complexity index is 628. The average Bonchev–Trinajstić information content (AvgIpc) is 2.32. The summed E-state index contributed by atoms with van der Waals surface area (Å²) in [7, 11) is 1.55. The predicted molar refractivity (Wildman–Crippen MR) is 65.4 cm³/mol. The van der Waals surface area contributed by atoms with Gasteiger partial charge in [-0.2, -0.15) is 0 Å². The van der Waals surface area contributed by atoms with Crippen LogP contribution < -0.4 is 10.2 Å². The van der Waals surface area contributed by atoms with E-state index in [4.69, 9.17) is 4.74 Å². The summed E-state index contributed by atoms with van der Waals surface area (Å²) < 4.78 is 6.85. The van der Waals surface area contributed by atoms with E-state index in [1.165, 1.54) is 13.0 Å². The minimum atomic E-state index is -0.0706. The summed E-state index contributed by atoms with van der Waals surface area (Å²) in [5.74, 6) is 0.681. The third kappa shape index (κ3) is 2.20. The first-order valence-corrected chi connectivity index (χ1v) is 5.28. The standard InChI is InChI=1S/C13H13NO3/c1-9(15)8-14-6-5-13(16)11-7-10(17-2)3-4-12(11)14/h3-7H,8H2,1-2H3. The molecule has 0 amide bonds. The lowest BCUT2D eigenvalue weighted by Crippen LogP contribution is -2.12. The number of hydrogen-bond acceptors (Lipinski definition) is 3. The van der Waals surface area contributed by atoms with Gasteiger partial charge in [0.2, 0.25) is 0 Å². The molecule has 0 atom stereocenters. The molecule has 0 spiro atoms. The third-order valence-electron chi connectivity index (χ3n) is 2.58. The largest absolute Gasteiger partial charge is 0.497 e. The van der Waals surface area contributed by atoms with Gasteiger partial charge in [-0.25, -0.2) is 0 Å².